The molecule has 0 amide bonds. The highest BCUT2D eigenvalue weighted by molar-refractivity contribution is 7.53. The van der Waals surface area contributed by atoms with Crippen LogP contribution in [0, 0.1) is 0 Å². The molecule has 5 nitrogen and oxygen atoms in total. The van der Waals surface area contributed by atoms with Crippen LogP contribution in [-0.2, 0) is 19.8 Å². The molecule has 1 aromatic carbocycles. The van der Waals surface area contributed by atoms with Crippen LogP contribution in [0.5, 0.6) is 0 Å². The minimum absolute atomic E-state index is 0.231. The van der Waals surface area contributed by atoms with Gasteiger partial charge < -0.3 is 14.4 Å². The lowest BCUT2D eigenvalue weighted by Gasteiger charge is -2.15. The number of anilines is 2. The van der Waals surface area contributed by atoms with E-state index in [2.05, 4.69) is 10.3 Å². The molecule has 2 aromatic rings. The molecule has 0 saturated carbocycles. The van der Waals surface area contributed by atoms with Gasteiger partial charge in [0.05, 0.1) is 19.4 Å². The summed E-state index contributed by atoms with van der Waals surface area (Å²) in [5.41, 5.74) is 0.892. The molecule has 0 spiro atoms. The van der Waals surface area contributed by atoms with Crippen LogP contribution >= 0.6 is 30.5 Å². The Morgan fingerprint density at radius 3 is 2.45 bits per heavy atom. The van der Waals surface area contributed by atoms with Gasteiger partial charge in [-0.15, -0.1) is 11.3 Å². The van der Waals surface area contributed by atoms with Gasteiger partial charge in [-0.3, -0.25) is 4.57 Å². The lowest BCUT2D eigenvalue weighted by molar-refractivity contribution is 0.219. The second-order valence-corrected chi connectivity index (χ2v) is 7.97. The van der Waals surface area contributed by atoms with E-state index in [9.17, 15) is 4.57 Å². The summed E-state index contributed by atoms with van der Waals surface area (Å²) in [7, 11) is -3.09. The molecule has 22 heavy (non-hydrogen) atoms. The number of aromatic nitrogens is 1. The van der Waals surface area contributed by atoms with Crippen molar-refractivity contribution < 1.29 is 13.6 Å². The summed E-state index contributed by atoms with van der Waals surface area (Å²) in [6.45, 7) is 4.30. The van der Waals surface area contributed by atoms with Crippen molar-refractivity contribution in [1.29, 1.82) is 0 Å². The Labute approximate surface area is 139 Å². The zero-order valence-electron chi connectivity index (χ0n) is 12.4. The highest BCUT2D eigenvalue weighted by Gasteiger charge is 2.25. The van der Waals surface area contributed by atoms with Crippen molar-refractivity contribution in [3.8, 4) is 0 Å². The monoisotopic (exact) mass is 360 g/mol. The van der Waals surface area contributed by atoms with Gasteiger partial charge in [-0.2, -0.15) is 0 Å². The van der Waals surface area contributed by atoms with Crippen LogP contribution in [0.2, 0.25) is 5.02 Å². The van der Waals surface area contributed by atoms with Gasteiger partial charge in [0.2, 0.25) is 0 Å². The van der Waals surface area contributed by atoms with Crippen molar-refractivity contribution in [3.63, 3.8) is 0 Å². The molecule has 0 saturated heterocycles. The number of nitrogens with zero attached hydrogens (tertiary/aromatic N) is 1. The fraction of sp³-hybridized carbons (Fsp3) is 0.357. The number of benzene rings is 1. The average Bonchev–Trinajstić information content (AvgIpc) is 2.88. The van der Waals surface area contributed by atoms with Crippen molar-refractivity contribution in [2.45, 2.75) is 20.0 Å². The van der Waals surface area contributed by atoms with Crippen molar-refractivity contribution in [2.24, 2.45) is 0 Å². The quantitative estimate of drug-likeness (QED) is 0.647. The summed E-state index contributed by atoms with van der Waals surface area (Å²) in [6, 6.07) is 7.34. The zero-order valence-corrected chi connectivity index (χ0v) is 14.9. The first-order valence-electron chi connectivity index (χ1n) is 6.90. The molecule has 1 heterocycles. The molecule has 0 radical (unpaired) electrons. The van der Waals surface area contributed by atoms with Gasteiger partial charge >= 0.3 is 7.60 Å². The van der Waals surface area contributed by atoms with Crippen LogP contribution in [0.25, 0.3) is 0 Å². The maximum atomic E-state index is 12.5. The normalized spacial score (nSPS) is 11.6. The Morgan fingerprint density at radius 2 is 1.86 bits per heavy atom. The topological polar surface area (TPSA) is 60.5 Å². The first-order valence-corrected chi connectivity index (χ1v) is 9.82. The molecule has 8 heteroatoms. The van der Waals surface area contributed by atoms with Gasteiger partial charge in [-0.05, 0) is 38.1 Å². The van der Waals surface area contributed by atoms with E-state index in [1.54, 1.807) is 32.2 Å². The second-order valence-electron chi connectivity index (χ2n) is 4.37. The summed E-state index contributed by atoms with van der Waals surface area (Å²) in [5.74, 6) is 0. The van der Waals surface area contributed by atoms with Crippen LogP contribution < -0.4 is 5.32 Å². The maximum absolute atomic E-state index is 12.5. The van der Waals surface area contributed by atoms with Gasteiger partial charge in [0.25, 0.3) is 0 Å². The number of rotatable bonds is 8. The van der Waals surface area contributed by atoms with E-state index in [0.717, 1.165) is 15.7 Å². The van der Waals surface area contributed by atoms with E-state index in [4.69, 9.17) is 20.6 Å². The molecule has 0 unspecified atom stereocenters. The SMILES string of the molecule is CCOP(=O)(Cc1cnc(Nc2ccc(Cl)cc2)s1)OCC. The van der Waals surface area contributed by atoms with E-state index >= 15 is 0 Å². The number of thiazole rings is 1. The minimum Gasteiger partial charge on any atom is -0.332 e. The van der Waals surface area contributed by atoms with E-state index in [1.165, 1.54) is 11.3 Å². The lowest BCUT2D eigenvalue weighted by Crippen LogP contribution is -1.97. The van der Waals surface area contributed by atoms with Crippen molar-refractivity contribution in [2.75, 3.05) is 18.5 Å². The van der Waals surface area contributed by atoms with Gasteiger partial charge in [0.15, 0.2) is 5.13 Å². The van der Waals surface area contributed by atoms with E-state index in [0.29, 0.717) is 18.2 Å². The summed E-state index contributed by atoms with van der Waals surface area (Å²) < 4.78 is 23.1. The van der Waals surface area contributed by atoms with Crippen molar-refractivity contribution in [1.82, 2.24) is 4.98 Å². The molecule has 0 aliphatic rings. The van der Waals surface area contributed by atoms with Gasteiger partial charge in [-0.25, -0.2) is 4.98 Å². The van der Waals surface area contributed by atoms with E-state index < -0.39 is 7.60 Å². The maximum Gasteiger partial charge on any atom is 0.335 e. The van der Waals surface area contributed by atoms with Crippen LogP contribution in [0.1, 0.15) is 18.7 Å². The van der Waals surface area contributed by atoms with Crippen molar-refractivity contribution in [3.05, 3.63) is 40.4 Å². The second kappa shape index (κ2) is 8.09. The smallest absolute Gasteiger partial charge is 0.332 e. The summed E-state index contributed by atoms with van der Waals surface area (Å²) in [5, 5.41) is 4.58. The number of nitrogens with one attached hydrogen (secondary N) is 1. The molecule has 2 rings (SSSR count). The minimum atomic E-state index is -3.09. The third-order valence-corrected chi connectivity index (χ3v) is 6.06. The molecule has 1 aromatic heterocycles. The third kappa shape index (κ3) is 5.07. The van der Waals surface area contributed by atoms with Crippen LogP contribution in [0.3, 0.4) is 0 Å². The zero-order chi connectivity index (χ0) is 16.0. The highest BCUT2D eigenvalue weighted by Crippen LogP contribution is 2.52. The molecule has 0 aliphatic carbocycles. The molecule has 0 atom stereocenters. The largest absolute Gasteiger partial charge is 0.335 e. The summed E-state index contributed by atoms with van der Waals surface area (Å²) in [4.78, 5) is 5.13. The molecule has 0 aliphatic heterocycles. The molecule has 120 valence electrons. The fourth-order valence-corrected chi connectivity index (χ4v) is 4.80. The van der Waals surface area contributed by atoms with E-state index in [1.807, 2.05) is 12.1 Å². The summed E-state index contributed by atoms with van der Waals surface area (Å²) in [6.07, 6.45) is 1.92. The Hall–Kier alpha value is -0.910. The number of hydrogen-bond donors (Lipinski definition) is 1. The first-order chi connectivity index (χ1) is 10.5. The molecular weight excluding hydrogens is 343 g/mol. The van der Waals surface area contributed by atoms with Gasteiger partial charge in [-0.1, -0.05) is 11.6 Å². The average molecular weight is 361 g/mol. The Morgan fingerprint density at radius 1 is 1.23 bits per heavy atom. The fourth-order valence-electron chi connectivity index (χ4n) is 1.81. The Balaban J connectivity index is 2.04. The first kappa shape index (κ1) is 17.4. The third-order valence-electron chi connectivity index (χ3n) is 2.65. The lowest BCUT2D eigenvalue weighted by atomic mass is 10.3. The number of hydrogen-bond acceptors (Lipinski definition) is 6. The highest BCUT2D eigenvalue weighted by atomic mass is 35.5. The predicted octanol–water partition coefficient (Wildman–Crippen LogP) is 5.31. The van der Waals surface area contributed by atoms with Gasteiger partial charge in [0, 0.05) is 21.8 Å². The summed E-state index contributed by atoms with van der Waals surface area (Å²) >= 11 is 7.27. The van der Waals surface area contributed by atoms with Crippen molar-refractivity contribution >= 4 is 41.4 Å². The van der Waals surface area contributed by atoms with Gasteiger partial charge in [0.1, 0.15) is 0 Å². The van der Waals surface area contributed by atoms with Crippen LogP contribution in [0.15, 0.2) is 30.5 Å². The Bertz CT molecular complexity index is 638. The Kier molecular flexibility index (Phi) is 6.41. The molecule has 0 bridgehead atoms. The molecule has 1 N–H and O–H groups in total. The van der Waals surface area contributed by atoms with E-state index in [-0.39, 0.29) is 6.16 Å². The predicted molar refractivity (Wildman–Crippen MR) is 91.4 cm³/mol. The standard InChI is InChI=1S/C14H18ClN2O3PS/c1-3-19-21(18,20-4-2)10-13-9-16-14(22-13)17-12-7-5-11(15)6-8-12/h5-9H,3-4,10H2,1-2H3,(H,16,17). The van der Waals surface area contributed by atoms with Crippen LogP contribution in [-0.4, -0.2) is 18.2 Å². The molecular formula is C14H18ClN2O3PS. The number of halogens is 1. The van der Waals surface area contributed by atoms with Crippen LogP contribution in [0.4, 0.5) is 10.8 Å². The molecule has 0 fully saturated rings.